The number of aryl methyl sites for hydroxylation is 1. The van der Waals surface area contributed by atoms with E-state index in [2.05, 4.69) is 4.98 Å². The van der Waals surface area contributed by atoms with Gasteiger partial charge in [0.2, 0.25) is 0 Å². The predicted octanol–water partition coefficient (Wildman–Crippen LogP) is 4.63. The molecule has 0 aliphatic carbocycles. The Morgan fingerprint density at radius 2 is 1.71 bits per heavy atom. The average molecular weight is 332 g/mol. The fraction of sp³-hybridized carbons (Fsp3) is 0.167. The van der Waals surface area contributed by atoms with Gasteiger partial charge in [-0.2, -0.15) is 13.2 Å². The highest BCUT2D eigenvalue weighted by atomic mass is 19.4. The second kappa shape index (κ2) is 6.03. The fourth-order valence-electron chi connectivity index (χ4n) is 2.51. The molecule has 0 aliphatic rings. The first-order valence-corrected chi connectivity index (χ1v) is 7.33. The summed E-state index contributed by atoms with van der Waals surface area (Å²) in [6, 6.07) is 13.4. The van der Waals surface area contributed by atoms with Gasteiger partial charge in [-0.1, -0.05) is 48.0 Å². The second-order valence-corrected chi connectivity index (χ2v) is 5.55. The zero-order valence-electron chi connectivity index (χ0n) is 12.9. The normalized spacial score (nSPS) is 11.7. The molecule has 1 N–H and O–H groups in total. The number of benzene rings is 2. The fourth-order valence-corrected chi connectivity index (χ4v) is 2.51. The van der Waals surface area contributed by atoms with E-state index < -0.39 is 11.9 Å². The van der Waals surface area contributed by atoms with Crippen LogP contribution in [0.15, 0.2) is 54.7 Å². The van der Waals surface area contributed by atoms with Crippen LogP contribution in [0, 0.1) is 6.92 Å². The summed E-state index contributed by atoms with van der Waals surface area (Å²) in [6.07, 6.45) is -3.70. The standard InChI is InChI=1S/C18H15F3N2O/c1-12-6-8-13(9-7-12)17-22-10-16(18(19,20)21)23(17)11-14-4-2-3-5-15(14)24/h2-10,24H,11H2,1H3. The van der Waals surface area contributed by atoms with Crippen LogP contribution in [-0.2, 0) is 12.7 Å². The number of phenols is 1. The van der Waals surface area contributed by atoms with E-state index in [9.17, 15) is 18.3 Å². The molecule has 0 amide bonds. The summed E-state index contributed by atoms with van der Waals surface area (Å²) in [5.74, 6) is 0.166. The van der Waals surface area contributed by atoms with Gasteiger partial charge < -0.3 is 9.67 Å². The second-order valence-electron chi connectivity index (χ2n) is 5.55. The van der Waals surface area contributed by atoms with Crippen LogP contribution in [-0.4, -0.2) is 14.7 Å². The highest BCUT2D eigenvalue weighted by Crippen LogP contribution is 2.34. The number of hydrogen-bond acceptors (Lipinski definition) is 2. The summed E-state index contributed by atoms with van der Waals surface area (Å²) in [5, 5.41) is 9.89. The van der Waals surface area contributed by atoms with E-state index in [1.807, 2.05) is 19.1 Å². The number of aromatic nitrogens is 2. The van der Waals surface area contributed by atoms with Gasteiger partial charge in [-0.3, -0.25) is 0 Å². The lowest BCUT2D eigenvalue weighted by Gasteiger charge is -2.15. The van der Waals surface area contributed by atoms with Crippen LogP contribution >= 0.6 is 0 Å². The van der Waals surface area contributed by atoms with Crippen LogP contribution < -0.4 is 0 Å². The van der Waals surface area contributed by atoms with E-state index in [1.54, 1.807) is 30.3 Å². The predicted molar refractivity (Wildman–Crippen MR) is 84.6 cm³/mol. The third kappa shape index (κ3) is 3.13. The molecule has 1 heterocycles. The van der Waals surface area contributed by atoms with Crippen molar-refractivity contribution in [3.05, 3.63) is 71.5 Å². The molecule has 124 valence electrons. The number of aromatic hydroxyl groups is 1. The van der Waals surface area contributed by atoms with Crippen LogP contribution in [0.3, 0.4) is 0 Å². The molecular formula is C18H15F3N2O. The van der Waals surface area contributed by atoms with Crippen LogP contribution in [0.25, 0.3) is 11.4 Å². The zero-order valence-corrected chi connectivity index (χ0v) is 12.9. The molecule has 0 spiro atoms. The van der Waals surface area contributed by atoms with E-state index in [1.165, 1.54) is 6.07 Å². The van der Waals surface area contributed by atoms with E-state index in [4.69, 9.17) is 0 Å². The van der Waals surface area contributed by atoms with E-state index in [0.717, 1.165) is 16.3 Å². The number of rotatable bonds is 3. The monoisotopic (exact) mass is 332 g/mol. The minimum atomic E-state index is -4.53. The molecule has 0 unspecified atom stereocenters. The third-order valence-electron chi connectivity index (χ3n) is 3.78. The molecular weight excluding hydrogens is 317 g/mol. The summed E-state index contributed by atoms with van der Waals surface area (Å²) >= 11 is 0. The first kappa shape index (κ1) is 16.1. The number of phenolic OH excluding ortho intramolecular Hbond substituents is 1. The molecule has 0 saturated heterocycles. The van der Waals surface area contributed by atoms with Crippen molar-refractivity contribution in [3.63, 3.8) is 0 Å². The summed E-state index contributed by atoms with van der Waals surface area (Å²) in [6.45, 7) is 1.78. The molecule has 2 aromatic carbocycles. The van der Waals surface area contributed by atoms with Gasteiger partial charge in [0.15, 0.2) is 0 Å². The number of para-hydroxylation sites is 1. The van der Waals surface area contributed by atoms with Gasteiger partial charge in [0.1, 0.15) is 17.3 Å². The zero-order chi connectivity index (χ0) is 17.3. The maximum absolute atomic E-state index is 13.3. The molecule has 0 bridgehead atoms. The summed E-state index contributed by atoms with van der Waals surface area (Å²) < 4.78 is 41.0. The largest absolute Gasteiger partial charge is 0.508 e. The lowest BCUT2D eigenvalue weighted by Crippen LogP contribution is -2.15. The van der Waals surface area contributed by atoms with Crippen LogP contribution in [0.2, 0.25) is 0 Å². The summed E-state index contributed by atoms with van der Waals surface area (Å²) in [5.41, 5.74) is 1.15. The van der Waals surface area contributed by atoms with Gasteiger partial charge in [-0.15, -0.1) is 0 Å². The van der Waals surface area contributed by atoms with E-state index >= 15 is 0 Å². The maximum Gasteiger partial charge on any atom is 0.433 e. The summed E-state index contributed by atoms with van der Waals surface area (Å²) in [7, 11) is 0. The molecule has 0 atom stereocenters. The molecule has 6 heteroatoms. The Hall–Kier alpha value is -2.76. The first-order valence-electron chi connectivity index (χ1n) is 7.33. The van der Waals surface area contributed by atoms with Crippen LogP contribution in [0.1, 0.15) is 16.8 Å². The topological polar surface area (TPSA) is 38.0 Å². The van der Waals surface area contributed by atoms with Gasteiger partial charge in [-0.25, -0.2) is 4.98 Å². The number of alkyl halides is 3. The van der Waals surface area contributed by atoms with Crippen molar-refractivity contribution in [1.82, 2.24) is 9.55 Å². The Bertz CT molecular complexity index is 851. The van der Waals surface area contributed by atoms with Crippen molar-refractivity contribution in [2.75, 3.05) is 0 Å². The lowest BCUT2D eigenvalue weighted by atomic mass is 10.1. The minimum absolute atomic E-state index is 0.0471. The minimum Gasteiger partial charge on any atom is -0.508 e. The van der Waals surface area contributed by atoms with E-state index in [-0.39, 0.29) is 18.1 Å². The average Bonchev–Trinajstić information content (AvgIpc) is 2.94. The summed E-state index contributed by atoms with van der Waals surface area (Å²) in [4.78, 5) is 3.97. The van der Waals surface area contributed by atoms with Crippen molar-refractivity contribution in [3.8, 4) is 17.1 Å². The number of hydrogen-bond donors (Lipinski definition) is 1. The van der Waals surface area contributed by atoms with Crippen LogP contribution in [0.5, 0.6) is 5.75 Å². The number of halogens is 3. The molecule has 3 rings (SSSR count). The van der Waals surface area contributed by atoms with Crippen molar-refractivity contribution >= 4 is 0 Å². The Morgan fingerprint density at radius 3 is 2.33 bits per heavy atom. The quantitative estimate of drug-likeness (QED) is 0.759. The van der Waals surface area contributed by atoms with Crippen molar-refractivity contribution in [2.45, 2.75) is 19.6 Å². The molecule has 0 radical (unpaired) electrons. The molecule has 3 nitrogen and oxygen atoms in total. The smallest absolute Gasteiger partial charge is 0.433 e. The molecule has 0 saturated carbocycles. The van der Waals surface area contributed by atoms with Crippen LogP contribution in [0.4, 0.5) is 13.2 Å². The van der Waals surface area contributed by atoms with Gasteiger partial charge in [0.05, 0.1) is 12.7 Å². The van der Waals surface area contributed by atoms with Crippen molar-refractivity contribution in [2.24, 2.45) is 0 Å². The van der Waals surface area contributed by atoms with Gasteiger partial charge >= 0.3 is 6.18 Å². The number of nitrogens with zero attached hydrogens (tertiary/aromatic N) is 2. The SMILES string of the molecule is Cc1ccc(-c2ncc(C(F)(F)F)n2Cc2ccccc2O)cc1. The Morgan fingerprint density at radius 1 is 1.04 bits per heavy atom. The van der Waals surface area contributed by atoms with E-state index in [0.29, 0.717) is 11.1 Å². The lowest BCUT2D eigenvalue weighted by molar-refractivity contribution is -0.143. The molecule has 0 aliphatic heterocycles. The molecule has 1 aromatic heterocycles. The molecule has 0 fully saturated rings. The Balaban J connectivity index is 2.12. The maximum atomic E-state index is 13.3. The third-order valence-corrected chi connectivity index (χ3v) is 3.78. The van der Waals surface area contributed by atoms with Gasteiger partial charge in [0.25, 0.3) is 0 Å². The molecule has 3 aromatic rings. The first-order chi connectivity index (χ1) is 11.4. The molecule has 24 heavy (non-hydrogen) atoms. The number of imidazole rings is 1. The Labute approximate surface area is 137 Å². The highest BCUT2D eigenvalue weighted by molar-refractivity contribution is 5.57. The van der Waals surface area contributed by atoms with Gasteiger partial charge in [0, 0.05) is 11.1 Å². The van der Waals surface area contributed by atoms with Gasteiger partial charge in [-0.05, 0) is 13.0 Å². The van der Waals surface area contributed by atoms with Crippen molar-refractivity contribution < 1.29 is 18.3 Å². The Kier molecular flexibility index (Phi) is 4.05. The van der Waals surface area contributed by atoms with Crippen molar-refractivity contribution in [1.29, 1.82) is 0 Å². The highest BCUT2D eigenvalue weighted by Gasteiger charge is 2.36.